The van der Waals surface area contributed by atoms with Crippen molar-refractivity contribution in [1.82, 2.24) is 0 Å². The first-order valence-electron chi connectivity index (χ1n) is 4.56. The molecule has 0 fully saturated rings. The van der Waals surface area contributed by atoms with Crippen molar-refractivity contribution in [3.63, 3.8) is 0 Å². The highest BCUT2D eigenvalue weighted by molar-refractivity contribution is 8.00. The summed E-state index contributed by atoms with van der Waals surface area (Å²) >= 11 is 1.21. The van der Waals surface area contributed by atoms with Crippen LogP contribution in [-0.4, -0.2) is 33.2 Å². The summed E-state index contributed by atoms with van der Waals surface area (Å²) in [5.74, 6) is -1.86. The van der Waals surface area contributed by atoms with E-state index in [0.717, 1.165) is 6.42 Å². The molecule has 0 saturated heterocycles. The van der Waals surface area contributed by atoms with Crippen LogP contribution < -0.4 is 0 Å². The topological polar surface area (TPSA) is 74.6 Å². The molecule has 0 heterocycles. The number of hydrogen-bond donors (Lipinski definition) is 2. The monoisotopic (exact) mass is 220 g/mol. The fourth-order valence-corrected chi connectivity index (χ4v) is 2.08. The number of carboxylic acid groups (broad SMARTS) is 2. The van der Waals surface area contributed by atoms with E-state index in [0.29, 0.717) is 12.2 Å². The molecule has 0 aliphatic rings. The lowest BCUT2D eigenvalue weighted by molar-refractivity contribution is -0.140. The summed E-state index contributed by atoms with van der Waals surface area (Å²) < 4.78 is 0. The maximum absolute atomic E-state index is 10.7. The standard InChI is InChI=1S/C9H16O4S/c1-3-4-7(9(12)13)14-5-6(2)8(10)11/h6-7H,3-5H2,1-2H3,(H,10,11)(H,12,13). The molecular formula is C9H16O4S. The third-order valence-electron chi connectivity index (χ3n) is 1.80. The number of aliphatic carboxylic acids is 2. The number of hydrogen-bond acceptors (Lipinski definition) is 3. The fraction of sp³-hybridized carbons (Fsp3) is 0.778. The first-order valence-corrected chi connectivity index (χ1v) is 5.61. The smallest absolute Gasteiger partial charge is 0.316 e. The van der Waals surface area contributed by atoms with E-state index in [9.17, 15) is 9.59 Å². The van der Waals surface area contributed by atoms with Gasteiger partial charge in [0.05, 0.1) is 5.92 Å². The van der Waals surface area contributed by atoms with Gasteiger partial charge in [0, 0.05) is 5.75 Å². The molecule has 2 N–H and O–H groups in total. The van der Waals surface area contributed by atoms with E-state index >= 15 is 0 Å². The Kier molecular flexibility index (Phi) is 6.36. The molecule has 0 aromatic carbocycles. The highest BCUT2D eigenvalue weighted by atomic mass is 32.2. The van der Waals surface area contributed by atoms with E-state index < -0.39 is 23.1 Å². The molecule has 0 aromatic heterocycles. The zero-order chi connectivity index (χ0) is 11.1. The predicted octanol–water partition coefficient (Wildman–Crippen LogP) is 1.69. The summed E-state index contributed by atoms with van der Waals surface area (Å²) in [7, 11) is 0. The molecule has 0 saturated carbocycles. The highest BCUT2D eigenvalue weighted by Crippen LogP contribution is 2.19. The third-order valence-corrected chi connectivity index (χ3v) is 3.33. The van der Waals surface area contributed by atoms with E-state index in [1.807, 2.05) is 6.92 Å². The molecule has 0 radical (unpaired) electrons. The molecule has 0 bridgehead atoms. The van der Waals surface area contributed by atoms with Gasteiger partial charge < -0.3 is 10.2 Å². The lowest BCUT2D eigenvalue weighted by atomic mass is 10.2. The Morgan fingerprint density at radius 2 is 1.86 bits per heavy atom. The molecule has 0 spiro atoms. The van der Waals surface area contributed by atoms with Crippen LogP contribution in [0.5, 0.6) is 0 Å². The van der Waals surface area contributed by atoms with Crippen LogP contribution >= 0.6 is 11.8 Å². The molecule has 14 heavy (non-hydrogen) atoms. The maximum atomic E-state index is 10.7. The second kappa shape index (κ2) is 6.70. The molecule has 4 nitrogen and oxygen atoms in total. The third kappa shape index (κ3) is 5.11. The van der Waals surface area contributed by atoms with Gasteiger partial charge in [-0.1, -0.05) is 20.3 Å². The average molecular weight is 220 g/mol. The molecule has 0 amide bonds. The maximum Gasteiger partial charge on any atom is 0.316 e. The lowest BCUT2D eigenvalue weighted by Gasteiger charge is -2.12. The molecule has 0 rings (SSSR count). The van der Waals surface area contributed by atoms with Crippen molar-refractivity contribution >= 4 is 23.7 Å². The summed E-state index contributed by atoms with van der Waals surface area (Å²) in [4.78, 5) is 21.2. The first-order chi connectivity index (χ1) is 6.49. The van der Waals surface area contributed by atoms with Gasteiger partial charge in [-0.05, 0) is 6.42 Å². The molecule has 0 aromatic rings. The number of carbonyl (C=O) groups is 2. The van der Waals surface area contributed by atoms with Crippen molar-refractivity contribution in [2.24, 2.45) is 5.92 Å². The normalized spacial score (nSPS) is 14.7. The minimum absolute atomic E-state index is 0.353. The van der Waals surface area contributed by atoms with E-state index in [1.54, 1.807) is 6.92 Å². The zero-order valence-corrected chi connectivity index (χ0v) is 9.21. The Balaban J connectivity index is 3.93. The molecule has 82 valence electrons. The van der Waals surface area contributed by atoms with E-state index in [2.05, 4.69) is 0 Å². The van der Waals surface area contributed by atoms with Crippen LogP contribution in [0.2, 0.25) is 0 Å². The van der Waals surface area contributed by atoms with Crippen molar-refractivity contribution < 1.29 is 19.8 Å². The van der Waals surface area contributed by atoms with Gasteiger partial charge in [0.25, 0.3) is 0 Å². The molecule has 0 aliphatic heterocycles. The fourth-order valence-electron chi connectivity index (χ4n) is 0.872. The van der Waals surface area contributed by atoms with E-state index in [1.165, 1.54) is 11.8 Å². The average Bonchev–Trinajstić information content (AvgIpc) is 2.10. The Morgan fingerprint density at radius 3 is 2.21 bits per heavy atom. The van der Waals surface area contributed by atoms with Crippen molar-refractivity contribution in [2.75, 3.05) is 5.75 Å². The van der Waals surface area contributed by atoms with E-state index in [-0.39, 0.29) is 0 Å². The van der Waals surface area contributed by atoms with Crippen LogP contribution in [0.4, 0.5) is 0 Å². The van der Waals surface area contributed by atoms with Crippen LogP contribution in [0, 0.1) is 5.92 Å². The molecule has 0 aliphatic carbocycles. The van der Waals surface area contributed by atoms with E-state index in [4.69, 9.17) is 10.2 Å². The summed E-state index contributed by atoms with van der Waals surface area (Å²) in [5.41, 5.74) is 0. The summed E-state index contributed by atoms with van der Waals surface area (Å²) in [6, 6.07) is 0. The van der Waals surface area contributed by atoms with Gasteiger partial charge >= 0.3 is 11.9 Å². The Labute approximate surface area is 87.7 Å². The number of carboxylic acids is 2. The Bertz CT molecular complexity index is 205. The largest absolute Gasteiger partial charge is 0.481 e. The Morgan fingerprint density at radius 1 is 1.29 bits per heavy atom. The van der Waals surface area contributed by atoms with Crippen molar-refractivity contribution in [3.8, 4) is 0 Å². The Hall–Kier alpha value is -0.710. The second-order valence-corrected chi connectivity index (χ2v) is 4.42. The van der Waals surface area contributed by atoms with Crippen LogP contribution in [0.25, 0.3) is 0 Å². The van der Waals surface area contributed by atoms with Gasteiger partial charge in [-0.15, -0.1) is 11.8 Å². The van der Waals surface area contributed by atoms with Crippen LogP contribution in [-0.2, 0) is 9.59 Å². The van der Waals surface area contributed by atoms with Gasteiger partial charge in [-0.25, -0.2) is 0 Å². The van der Waals surface area contributed by atoms with Gasteiger partial charge in [0.1, 0.15) is 5.25 Å². The van der Waals surface area contributed by atoms with Gasteiger partial charge in [-0.2, -0.15) is 0 Å². The van der Waals surface area contributed by atoms with Gasteiger partial charge in [-0.3, -0.25) is 9.59 Å². The van der Waals surface area contributed by atoms with Crippen molar-refractivity contribution in [3.05, 3.63) is 0 Å². The van der Waals surface area contributed by atoms with Crippen LogP contribution in [0.1, 0.15) is 26.7 Å². The predicted molar refractivity (Wildman–Crippen MR) is 55.6 cm³/mol. The SMILES string of the molecule is CCCC(SCC(C)C(=O)O)C(=O)O. The number of thioether (sulfide) groups is 1. The minimum atomic E-state index is -0.877. The molecular weight excluding hydrogens is 204 g/mol. The summed E-state index contributed by atoms with van der Waals surface area (Å²) in [5, 5.41) is 16.9. The molecule has 2 unspecified atom stereocenters. The highest BCUT2D eigenvalue weighted by Gasteiger charge is 2.20. The van der Waals surface area contributed by atoms with Crippen molar-refractivity contribution in [1.29, 1.82) is 0 Å². The molecule has 2 atom stereocenters. The van der Waals surface area contributed by atoms with Crippen LogP contribution in [0.3, 0.4) is 0 Å². The first kappa shape index (κ1) is 13.3. The summed E-state index contributed by atoms with van der Waals surface area (Å²) in [6.07, 6.45) is 1.39. The lowest BCUT2D eigenvalue weighted by Crippen LogP contribution is -2.20. The zero-order valence-electron chi connectivity index (χ0n) is 8.40. The van der Waals surface area contributed by atoms with Gasteiger partial charge in [0.15, 0.2) is 0 Å². The number of rotatable bonds is 7. The van der Waals surface area contributed by atoms with Crippen molar-refractivity contribution in [2.45, 2.75) is 31.9 Å². The quantitative estimate of drug-likeness (QED) is 0.683. The molecule has 5 heteroatoms. The van der Waals surface area contributed by atoms with Gasteiger partial charge in [0.2, 0.25) is 0 Å². The van der Waals surface area contributed by atoms with Crippen LogP contribution in [0.15, 0.2) is 0 Å². The summed E-state index contributed by atoms with van der Waals surface area (Å²) in [6.45, 7) is 3.50. The second-order valence-electron chi connectivity index (χ2n) is 3.19. The minimum Gasteiger partial charge on any atom is -0.481 e.